The van der Waals surface area contributed by atoms with E-state index in [1.54, 1.807) is 6.07 Å². The van der Waals surface area contributed by atoms with Crippen LogP contribution in [0.2, 0.25) is 5.02 Å². The van der Waals surface area contributed by atoms with Gasteiger partial charge in [0.1, 0.15) is 5.82 Å². The fourth-order valence-electron chi connectivity index (χ4n) is 3.18. The van der Waals surface area contributed by atoms with Gasteiger partial charge < -0.3 is 5.32 Å². The maximum Gasteiger partial charge on any atom is 0.142 e. The van der Waals surface area contributed by atoms with Crippen molar-refractivity contribution in [2.75, 3.05) is 13.6 Å². The van der Waals surface area contributed by atoms with Crippen LogP contribution in [-0.2, 0) is 6.42 Å². The molecule has 0 aliphatic heterocycles. The molecule has 1 nitrogen and oxygen atoms in total. The van der Waals surface area contributed by atoms with Crippen molar-refractivity contribution in [3.05, 3.63) is 34.6 Å². The number of hydrogen-bond acceptors (Lipinski definition) is 1. The zero-order valence-corrected chi connectivity index (χ0v) is 11.7. The van der Waals surface area contributed by atoms with E-state index >= 15 is 0 Å². The summed E-state index contributed by atoms with van der Waals surface area (Å²) in [5.74, 6) is -0.301. The van der Waals surface area contributed by atoms with E-state index in [2.05, 4.69) is 5.32 Å². The van der Waals surface area contributed by atoms with Crippen molar-refractivity contribution < 1.29 is 4.39 Å². The molecule has 0 bridgehead atoms. The summed E-state index contributed by atoms with van der Waals surface area (Å²) >= 11 is 6.08. The van der Waals surface area contributed by atoms with Crippen molar-refractivity contribution in [2.45, 2.75) is 38.5 Å². The average molecular weight is 270 g/mol. The monoisotopic (exact) mass is 269 g/mol. The zero-order chi connectivity index (χ0) is 13.0. The first-order valence-corrected chi connectivity index (χ1v) is 7.12. The molecule has 0 spiro atoms. The lowest BCUT2D eigenvalue weighted by atomic mass is 9.70. The third-order valence-electron chi connectivity index (χ3n) is 4.06. The number of nitrogens with one attached hydrogen (secondary N) is 1. The molecule has 0 radical (unpaired) electrons. The first-order valence-electron chi connectivity index (χ1n) is 6.74. The molecule has 0 saturated heterocycles. The van der Waals surface area contributed by atoms with Crippen LogP contribution in [0.3, 0.4) is 0 Å². The van der Waals surface area contributed by atoms with E-state index in [0.717, 1.165) is 18.5 Å². The minimum Gasteiger partial charge on any atom is -0.319 e. The number of rotatable bonds is 4. The van der Waals surface area contributed by atoms with Crippen LogP contribution in [0, 0.1) is 11.2 Å². The Hall–Kier alpha value is -0.600. The second kappa shape index (κ2) is 6.03. The van der Waals surface area contributed by atoms with E-state index in [0.29, 0.717) is 5.02 Å². The van der Waals surface area contributed by atoms with Gasteiger partial charge in [0.05, 0.1) is 5.02 Å². The summed E-state index contributed by atoms with van der Waals surface area (Å²) in [7, 11) is 1.99. The summed E-state index contributed by atoms with van der Waals surface area (Å²) in [6.45, 7) is 0.986. The van der Waals surface area contributed by atoms with E-state index in [4.69, 9.17) is 11.6 Å². The van der Waals surface area contributed by atoms with Gasteiger partial charge in [0.2, 0.25) is 0 Å². The summed E-state index contributed by atoms with van der Waals surface area (Å²) in [4.78, 5) is 0. The van der Waals surface area contributed by atoms with Crippen LogP contribution in [0.25, 0.3) is 0 Å². The molecule has 18 heavy (non-hydrogen) atoms. The molecule has 0 aromatic heterocycles. The van der Waals surface area contributed by atoms with Crippen molar-refractivity contribution in [3.63, 3.8) is 0 Å². The molecule has 3 heteroatoms. The highest BCUT2D eigenvalue weighted by atomic mass is 35.5. The molecule has 2 rings (SSSR count). The van der Waals surface area contributed by atoms with E-state index in [1.165, 1.54) is 38.2 Å². The molecular weight excluding hydrogens is 249 g/mol. The van der Waals surface area contributed by atoms with Crippen LogP contribution in [-0.4, -0.2) is 13.6 Å². The minimum absolute atomic E-state index is 0.254. The molecule has 0 heterocycles. The Balaban J connectivity index is 2.20. The van der Waals surface area contributed by atoms with Crippen LogP contribution >= 0.6 is 11.6 Å². The average Bonchev–Trinajstić information content (AvgIpc) is 2.36. The van der Waals surface area contributed by atoms with Gasteiger partial charge >= 0.3 is 0 Å². The third kappa shape index (κ3) is 3.04. The smallest absolute Gasteiger partial charge is 0.142 e. The van der Waals surface area contributed by atoms with Crippen LogP contribution in [0.1, 0.15) is 37.7 Å². The van der Waals surface area contributed by atoms with Gasteiger partial charge in [-0.2, -0.15) is 0 Å². The second-order valence-electron chi connectivity index (χ2n) is 5.48. The molecule has 0 amide bonds. The Labute approximate surface area is 114 Å². The third-order valence-corrected chi connectivity index (χ3v) is 4.49. The number of halogens is 2. The molecule has 1 fully saturated rings. The fraction of sp³-hybridized carbons (Fsp3) is 0.600. The van der Waals surface area contributed by atoms with Crippen molar-refractivity contribution >= 4 is 11.6 Å². The standard InChI is InChI=1S/C15H21ClFN/c1-18-11-15(8-3-2-4-9-15)10-12-6-5-7-13(17)14(12)16/h5-7,18H,2-4,8-11H2,1H3. The Kier molecular flexibility index (Phi) is 4.63. The van der Waals surface area contributed by atoms with Gasteiger partial charge in [-0.25, -0.2) is 4.39 Å². The minimum atomic E-state index is -0.301. The van der Waals surface area contributed by atoms with Crippen molar-refractivity contribution in [3.8, 4) is 0 Å². The molecule has 100 valence electrons. The first kappa shape index (κ1) is 13.8. The van der Waals surface area contributed by atoms with Crippen LogP contribution in [0.4, 0.5) is 4.39 Å². The lowest BCUT2D eigenvalue weighted by molar-refractivity contribution is 0.185. The predicted octanol–water partition coefficient (Wildman–Crippen LogP) is 4.19. The molecule has 1 aromatic rings. The lowest BCUT2D eigenvalue weighted by Crippen LogP contribution is -2.36. The maximum absolute atomic E-state index is 13.5. The topological polar surface area (TPSA) is 12.0 Å². The molecule has 1 N–H and O–H groups in total. The van der Waals surface area contributed by atoms with Crippen molar-refractivity contribution in [1.29, 1.82) is 0 Å². The molecule has 1 aliphatic carbocycles. The maximum atomic E-state index is 13.5. The zero-order valence-electron chi connectivity index (χ0n) is 10.9. The van der Waals surface area contributed by atoms with E-state index in [9.17, 15) is 4.39 Å². The Morgan fingerprint density at radius 1 is 1.28 bits per heavy atom. The Bertz CT molecular complexity index is 394. The van der Waals surface area contributed by atoms with Crippen LogP contribution in [0.5, 0.6) is 0 Å². The molecule has 1 aromatic carbocycles. The number of hydrogen-bond donors (Lipinski definition) is 1. The first-order chi connectivity index (χ1) is 8.67. The number of benzene rings is 1. The van der Waals surface area contributed by atoms with Gasteiger partial charge in [0.15, 0.2) is 0 Å². The molecular formula is C15H21ClFN. The van der Waals surface area contributed by atoms with Gasteiger partial charge in [0.25, 0.3) is 0 Å². The quantitative estimate of drug-likeness (QED) is 0.864. The Morgan fingerprint density at radius 2 is 2.00 bits per heavy atom. The highest BCUT2D eigenvalue weighted by molar-refractivity contribution is 6.31. The van der Waals surface area contributed by atoms with Gasteiger partial charge in [-0.1, -0.05) is 43.0 Å². The molecule has 1 aliphatic rings. The van der Waals surface area contributed by atoms with Gasteiger partial charge in [0, 0.05) is 6.54 Å². The normalized spacial score (nSPS) is 18.8. The van der Waals surface area contributed by atoms with Crippen LogP contribution < -0.4 is 5.32 Å². The summed E-state index contributed by atoms with van der Waals surface area (Å²) in [6.07, 6.45) is 7.16. The predicted molar refractivity (Wildman–Crippen MR) is 74.6 cm³/mol. The summed E-state index contributed by atoms with van der Waals surface area (Å²) in [6, 6.07) is 5.14. The highest BCUT2D eigenvalue weighted by Gasteiger charge is 2.32. The highest BCUT2D eigenvalue weighted by Crippen LogP contribution is 2.40. The SMILES string of the molecule is CNCC1(Cc2cccc(F)c2Cl)CCCCC1. The molecule has 0 atom stereocenters. The summed E-state index contributed by atoms with van der Waals surface area (Å²) in [5.41, 5.74) is 1.21. The van der Waals surface area contributed by atoms with Crippen molar-refractivity contribution in [1.82, 2.24) is 5.32 Å². The van der Waals surface area contributed by atoms with E-state index < -0.39 is 0 Å². The largest absolute Gasteiger partial charge is 0.319 e. The summed E-state index contributed by atoms with van der Waals surface area (Å²) in [5, 5.41) is 3.60. The van der Waals surface area contributed by atoms with Gasteiger partial charge in [-0.3, -0.25) is 0 Å². The Morgan fingerprint density at radius 3 is 2.67 bits per heavy atom. The van der Waals surface area contributed by atoms with Crippen molar-refractivity contribution in [2.24, 2.45) is 5.41 Å². The van der Waals surface area contributed by atoms with Gasteiger partial charge in [-0.05, 0) is 43.4 Å². The van der Waals surface area contributed by atoms with Gasteiger partial charge in [-0.15, -0.1) is 0 Å². The second-order valence-corrected chi connectivity index (χ2v) is 5.86. The molecule has 0 unspecified atom stereocenters. The van der Waals surface area contributed by atoms with Crippen LogP contribution in [0.15, 0.2) is 18.2 Å². The summed E-state index contributed by atoms with van der Waals surface area (Å²) < 4.78 is 13.5. The lowest BCUT2D eigenvalue weighted by Gasteiger charge is -2.37. The molecule has 1 saturated carbocycles. The van der Waals surface area contributed by atoms with E-state index in [1.807, 2.05) is 13.1 Å². The van der Waals surface area contributed by atoms with E-state index in [-0.39, 0.29) is 11.2 Å². The fourth-order valence-corrected chi connectivity index (χ4v) is 3.37.